The van der Waals surface area contributed by atoms with Crippen molar-refractivity contribution in [3.05, 3.63) is 0 Å². The van der Waals surface area contributed by atoms with E-state index >= 15 is 0 Å². The predicted octanol–water partition coefficient (Wildman–Crippen LogP) is 1.58. The van der Waals surface area contributed by atoms with Gasteiger partial charge in [0.15, 0.2) is 9.84 Å². The normalized spacial score (nSPS) is 41.1. The highest BCUT2D eigenvalue weighted by Crippen LogP contribution is 2.38. The zero-order valence-corrected chi connectivity index (χ0v) is 13.2. The second-order valence-electron chi connectivity index (χ2n) is 7.37. The summed E-state index contributed by atoms with van der Waals surface area (Å²) >= 11 is 0. The van der Waals surface area contributed by atoms with Crippen molar-refractivity contribution in [1.29, 1.82) is 0 Å². The first-order valence-electron chi connectivity index (χ1n) is 8.05. The number of hydrogen-bond acceptors (Lipinski definition) is 4. The highest BCUT2D eigenvalue weighted by Gasteiger charge is 2.43. The van der Waals surface area contributed by atoms with E-state index in [9.17, 15) is 13.5 Å². The summed E-state index contributed by atoms with van der Waals surface area (Å²) < 4.78 is 23.4. The lowest BCUT2D eigenvalue weighted by atomic mass is 9.79. The molecular weight excluding hydrogens is 274 g/mol. The van der Waals surface area contributed by atoms with E-state index < -0.39 is 15.4 Å². The Balaban J connectivity index is 1.66. The van der Waals surface area contributed by atoms with Crippen LogP contribution in [0, 0.1) is 5.92 Å². The minimum absolute atomic E-state index is 0.149. The molecule has 0 aromatic heterocycles. The maximum atomic E-state index is 11.7. The summed E-state index contributed by atoms with van der Waals surface area (Å²) in [5.74, 6) is 1.35. The number of nitrogens with zero attached hydrogens (tertiary/aromatic N) is 1. The second kappa shape index (κ2) is 5.25. The molecule has 0 spiro atoms. The van der Waals surface area contributed by atoms with Crippen LogP contribution in [0.4, 0.5) is 0 Å². The lowest BCUT2D eigenvalue weighted by Crippen LogP contribution is -2.50. The van der Waals surface area contributed by atoms with Crippen LogP contribution >= 0.6 is 0 Å². The molecule has 0 bridgehead atoms. The summed E-state index contributed by atoms with van der Waals surface area (Å²) in [5, 5.41) is 10.8. The maximum Gasteiger partial charge on any atom is 0.151 e. The van der Waals surface area contributed by atoms with Crippen LogP contribution in [0.25, 0.3) is 0 Å². The van der Waals surface area contributed by atoms with Crippen molar-refractivity contribution in [2.24, 2.45) is 5.92 Å². The molecule has 2 aliphatic carbocycles. The molecule has 3 fully saturated rings. The quantitative estimate of drug-likeness (QED) is 0.856. The van der Waals surface area contributed by atoms with E-state index in [-0.39, 0.29) is 6.04 Å². The Kier molecular flexibility index (Phi) is 3.89. The van der Waals surface area contributed by atoms with Crippen LogP contribution in [0.3, 0.4) is 0 Å². The van der Waals surface area contributed by atoms with Crippen molar-refractivity contribution in [2.75, 3.05) is 18.1 Å². The van der Waals surface area contributed by atoms with E-state index in [1.807, 2.05) is 0 Å². The summed E-state index contributed by atoms with van der Waals surface area (Å²) in [5.41, 5.74) is -0.582. The van der Waals surface area contributed by atoms with Gasteiger partial charge in [0.1, 0.15) is 0 Å². The van der Waals surface area contributed by atoms with E-state index in [1.165, 1.54) is 12.8 Å². The monoisotopic (exact) mass is 301 g/mol. The fourth-order valence-corrected chi connectivity index (χ4v) is 5.54. The molecule has 3 aliphatic rings. The SMILES string of the molecule is CC1CCC(O)(CN(C2CC2)C2CCS(=O)(=O)C2)CC1. The van der Waals surface area contributed by atoms with Crippen molar-refractivity contribution in [3.8, 4) is 0 Å². The van der Waals surface area contributed by atoms with Gasteiger partial charge in [0, 0.05) is 18.6 Å². The molecule has 0 aromatic carbocycles. The maximum absolute atomic E-state index is 11.7. The molecule has 1 N–H and O–H groups in total. The van der Waals surface area contributed by atoms with Crippen LogP contribution in [-0.4, -0.2) is 54.2 Å². The van der Waals surface area contributed by atoms with E-state index in [1.54, 1.807) is 0 Å². The zero-order chi connectivity index (χ0) is 14.4. The summed E-state index contributed by atoms with van der Waals surface area (Å²) in [4.78, 5) is 2.33. The van der Waals surface area contributed by atoms with Crippen LogP contribution in [0.2, 0.25) is 0 Å². The first kappa shape index (κ1) is 14.8. The lowest BCUT2D eigenvalue weighted by Gasteiger charge is -2.41. The highest BCUT2D eigenvalue weighted by molar-refractivity contribution is 7.91. The smallest absolute Gasteiger partial charge is 0.151 e. The number of rotatable bonds is 4. The van der Waals surface area contributed by atoms with Gasteiger partial charge in [0.25, 0.3) is 0 Å². The molecule has 1 heterocycles. The summed E-state index contributed by atoms with van der Waals surface area (Å²) in [6.45, 7) is 2.94. The first-order valence-corrected chi connectivity index (χ1v) is 9.88. The third-order valence-electron chi connectivity index (χ3n) is 5.38. The summed E-state index contributed by atoms with van der Waals surface area (Å²) in [7, 11) is -2.84. The van der Waals surface area contributed by atoms with Gasteiger partial charge in [-0.3, -0.25) is 4.90 Å². The molecule has 116 valence electrons. The molecular formula is C15H27NO3S. The molecule has 3 rings (SSSR count). The fraction of sp³-hybridized carbons (Fsp3) is 1.00. The standard InChI is InChI=1S/C15H27NO3S/c1-12-4-7-15(17,8-5-12)11-16(13-2-3-13)14-6-9-20(18,19)10-14/h12-14,17H,2-11H2,1H3. The Morgan fingerprint density at radius 1 is 1.10 bits per heavy atom. The van der Waals surface area contributed by atoms with E-state index in [2.05, 4.69) is 11.8 Å². The Hall–Kier alpha value is -0.130. The molecule has 1 aliphatic heterocycles. The molecule has 1 unspecified atom stereocenters. The molecule has 4 nitrogen and oxygen atoms in total. The van der Waals surface area contributed by atoms with Crippen molar-refractivity contribution in [2.45, 2.75) is 69.6 Å². The molecule has 1 saturated heterocycles. The Morgan fingerprint density at radius 2 is 1.75 bits per heavy atom. The predicted molar refractivity (Wildman–Crippen MR) is 79.4 cm³/mol. The average Bonchev–Trinajstić information content (AvgIpc) is 3.15. The molecule has 2 saturated carbocycles. The molecule has 0 amide bonds. The minimum atomic E-state index is -2.84. The van der Waals surface area contributed by atoms with Crippen molar-refractivity contribution in [3.63, 3.8) is 0 Å². The fourth-order valence-electron chi connectivity index (χ4n) is 3.80. The Labute approximate surface area is 122 Å². The molecule has 5 heteroatoms. The number of sulfone groups is 1. The van der Waals surface area contributed by atoms with Gasteiger partial charge in [-0.25, -0.2) is 8.42 Å². The molecule has 1 atom stereocenters. The van der Waals surface area contributed by atoms with Gasteiger partial charge in [-0.05, 0) is 50.9 Å². The van der Waals surface area contributed by atoms with Crippen LogP contribution in [-0.2, 0) is 9.84 Å². The van der Waals surface area contributed by atoms with E-state index in [0.717, 1.165) is 38.0 Å². The number of hydrogen-bond donors (Lipinski definition) is 1. The Bertz CT molecular complexity index is 450. The van der Waals surface area contributed by atoms with E-state index in [4.69, 9.17) is 0 Å². The van der Waals surface area contributed by atoms with Gasteiger partial charge >= 0.3 is 0 Å². The van der Waals surface area contributed by atoms with Crippen LogP contribution in [0.15, 0.2) is 0 Å². The van der Waals surface area contributed by atoms with Gasteiger partial charge in [-0.2, -0.15) is 0 Å². The van der Waals surface area contributed by atoms with Crippen molar-refractivity contribution in [1.82, 2.24) is 4.90 Å². The number of aliphatic hydroxyl groups is 1. The largest absolute Gasteiger partial charge is 0.389 e. The average molecular weight is 301 g/mol. The Morgan fingerprint density at radius 3 is 2.25 bits per heavy atom. The minimum Gasteiger partial charge on any atom is -0.389 e. The van der Waals surface area contributed by atoms with Crippen LogP contribution < -0.4 is 0 Å². The van der Waals surface area contributed by atoms with Gasteiger partial charge in [-0.1, -0.05) is 6.92 Å². The third-order valence-corrected chi connectivity index (χ3v) is 7.13. The summed E-state index contributed by atoms with van der Waals surface area (Å²) in [6.07, 6.45) is 7.03. The second-order valence-corrected chi connectivity index (χ2v) is 9.60. The molecule has 0 aromatic rings. The molecule has 0 radical (unpaired) electrons. The summed E-state index contributed by atoms with van der Waals surface area (Å²) in [6, 6.07) is 0.674. The zero-order valence-electron chi connectivity index (χ0n) is 12.4. The van der Waals surface area contributed by atoms with Gasteiger partial charge in [0.05, 0.1) is 17.1 Å². The third kappa shape index (κ3) is 3.37. The van der Waals surface area contributed by atoms with Crippen molar-refractivity contribution < 1.29 is 13.5 Å². The van der Waals surface area contributed by atoms with E-state index in [0.29, 0.717) is 24.1 Å². The topological polar surface area (TPSA) is 57.6 Å². The van der Waals surface area contributed by atoms with Gasteiger partial charge in [0.2, 0.25) is 0 Å². The van der Waals surface area contributed by atoms with Crippen LogP contribution in [0.1, 0.15) is 51.9 Å². The first-order chi connectivity index (χ1) is 9.37. The van der Waals surface area contributed by atoms with Gasteiger partial charge < -0.3 is 5.11 Å². The highest BCUT2D eigenvalue weighted by atomic mass is 32.2. The lowest BCUT2D eigenvalue weighted by molar-refractivity contribution is -0.0442. The van der Waals surface area contributed by atoms with Gasteiger partial charge in [-0.15, -0.1) is 0 Å². The van der Waals surface area contributed by atoms with Crippen molar-refractivity contribution >= 4 is 9.84 Å². The van der Waals surface area contributed by atoms with Crippen LogP contribution in [0.5, 0.6) is 0 Å². The molecule has 20 heavy (non-hydrogen) atoms.